The van der Waals surface area contributed by atoms with E-state index in [2.05, 4.69) is 5.32 Å². The quantitative estimate of drug-likeness (QED) is 0.606. The molecule has 0 saturated carbocycles. The highest BCUT2D eigenvalue weighted by molar-refractivity contribution is 5.74. The van der Waals surface area contributed by atoms with Crippen molar-refractivity contribution in [2.75, 3.05) is 11.1 Å². The van der Waals surface area contributed by atoms with Crippen molar-refractivity contribution in [1.82, 2.24) is 0 Å². The molecule has 80 valence electrons. The standard InChI is InChI=1S/C13H12N2O/c14-12-5-1-10(2-6-12)11-3-7-13(8-4-11)15-9-16/h1-9H,14H2,(H,15,16). The van der Waals surface area contributed by atoms with Gasteiger partial charge in [0.2, 0.25) is 6.41 Å². The first kappa shape index (κ1) is 10.2. The number of anilines is 2. The molecule has 3 N–H and O–H groups in total. The average molecular weight is 212 g/mol. The van der Waals surface area contributed by atoms with Gasteiger partial charge in [0, 0.05) is 11.4 Å². The number of nitrogens with one attached hydrogen (secondary N) is 1. The molecule has 0 aliphatic rings. The van der Waals surface area contributed by atoms with Gasteiger partial charge in [-0.3, -0.25) is 4.79 Å². The Balaban J connectivity index is 2.27. The Labute approximate surface area is 93.9 Å². The Morgan fingerprint density at radius 1 is 0.875 bits per heavy atom. The molecule has 0 atom stereocenters. The maximum atomic E-state index is 10.2. The van der Waals surface area contributed by atoms with Crippen LogP contribution in [0.25, 0.3) is 11.1 Å². The van der Waals surface area contributed by atoms with E-state index in [0.717, 1.165) is 22.5 Å². The summed E-state index contributed by atoms with van der Waals surface area (Å²) < 4.78 is 0. The van der Waals surface area contributed by atoms with Crippen molar-refractivity contribution in [2.24, 2.45) is 0 Å². The molecule has 2 aromatic carbocycles. The summed E-state index contributed by atoms with van der Waals surface area (Å²) in [6.07, 6.45) is 0.665. The van der Waals surface area contributed by atoms with E-state index >= 15 is 0 Å². The van der Waals surface area contributed by atoms with Gasteiger partial charge in [0.15, 0.2) is 0 Å². The minimum absolute atomic E-state index is 0.665. The van der Waals surface area contributed by atoms with Crippen LogP contribution in [0, 0.1) is 0 Å². The molecule has 3 nitrogen and oxygen atoms in total. The maximum Gasteiger partial charge on any atom is 0.211 e. The fraction of sp³-hybridized carbons (Fsp3) is 0. The van der Waals surface area contributed by atoms with E-state index in [4.69, 9.17) is 5.73 Å². The number of amides is 1. The van der Waals surface area contributed by atoms with Crippen LogP contribution in [0.4, 0.5) is 11.4 Å². The van der Waals surface area contributed by atoms with Crippen LogP contribution in [-0.2, 0) is 4.79 Å². The third-order valence-electron chi connectivity index (χ3n) is 2.35. The van der Waals surface area contributed by atoms with Crippen LogP contribution in [0.3, 0.4) is 0 Å². The molecule has 0 saturated heterocycles. The third kappa shape index (κ3) is 2.20. The normalized spacial score (nSPS) is 9.75. The van der Waals surface area contributed by atoms with Gasteiger partial charge in [-0.05, 0) is 35.4 Å². The van der Waals surface area contributed by atoms with Gasteiger partial charge in [-0.1, -0.05) is 24.3 Å². The number of nitrogens with two attached hydrogens (primary N) is 1. The lowest BCUT2D eigenvalue weighted by molar-refractivity contribution is -0.105. The molecule has 0 spiro atoms. The van der Waals surface area contributed by atoms with Crippen LogP contribution >= 0.6 is 0 Å². The zero-order valence-corrected chi connectivity index (χ0v) is 8.68. The van der Waals surface area contributed by atoms with Crippen LogP contribution in [0.2, 0.25) is 0 Å². The molecule has 0 heterocycles. The van der Waals surface area contributed by atoms with E-state index < -0.39 is 0 Å². The summed E-state index contributed by atoms with van der Waals surface area (Å²) in [6, 6.07) is 15.3. The van der Waals surface area contributed by atoms with Crippen molar-refractivity contribution in [3.05, 3.63) is 48.5 Å². The second-order valence-electron chi connectivity index (χ2n) is 3.46. The molecule has 0 aromatic heterocycles. The van der Waals surface area contributed by atoms with Gasteiger partial charge in [-0.15, -0.1) is 0 Å². The van der Waals surface area contributed by atoms with Gasteiger partial charge in [0.25, 0.3) is 0 Å². The topological polar surface area (TPSA) is 55.1 Å². The number of hydrogen-bond donors (Lipinski definition) is 2. The van der Waals surface area contributed by atoms with Gasteiger partial charge in [-0.2, -0.15) is 0 Å². The summed E-state index contributed by atoms with van der Waals surface area (Å²) in [6.45, 7) is 0. The molecule has 16 heavy (non-hydrogen) atoms. The van der Waals surface area contributed by atoms with Crippen molar-refractivity contribution < 1.29 is 4.79 Å². The Bertz CT molecular complexity index is 474. The van der Waals surface area contributed by atoms with Crippen LogP contribution in [0.1, 0.15) is 0 Å². The lowest BCUT2D eigenvalue weighted by Crippen LogP contribution is -1.92. The van der Waals surface area contributed by atoms with E-state index in [1.807, 2.05) is 48.5 Å². The molecule has 0 unspecified atom stereocenters. The van der Waals surface area contributed by atoms with Crippen LogP contribution in [-0.4, -0.2) is 6.41 Å². The molecule has 0 radical (unpaired) electrons. The minimum Gasteiger partial charge on any atom is -0.399 e. The zero-order valence-electron chi connectivity index (χ0n) is 8.68. The van der Waals surface area contributed by atoms with Crippen molar-refractivity contribution in [3.8, 4) is 11.1 Å². The molecule has 1 amide bonds. The predicted molar refractivity (Wildman–Crippen MR) is 66.0 cm³/mol. The van der Waals surface area contributed by atoms with E-state index in [0.29, 0.717) is 6.41 Å². The Hall–Kier alpha value is -2.29. The van der Waals surface area contributed by atoms with E-state index in [9.17, 15) is 4.79 Å². The molecule has 0 aliphatic carbocycles. The van der Waals surface area contributed by atoms with Gasteiger partial charge in [0.05, 0.1) is 0 Å². The molecule has 3 heteroatoms. The predicted octanol–water partition coefficient (Wildman–Crippen LogP) is 2.50. The van der Waals surface area contributed by atoms with Gasteiger partial charge in [0.1, 0.15) is 0 Å². The second kappa shape index (κ2) is 4.49. The minimum atomic E-state index is 0.665. The highest BCUT2D eigenvalue weighted by Crippen LogP contribution is 2.22. The highest BCUT2D eigenvalue weighted by Gasteiger charge is 1.97. The smallest absolute Gasteiger partial charge is 0.211 e. The fourth-order valence-electron chi connectivity index (χ4n) is 1.50. The van der Waals surface area contributed by atoms with Gasteiger partial charge < -0.3 is 11.1 Å². The number of carbonyl (C=O) groups is 1. The Morgan fingerprint density at radius 2 is 1.38 bits per heavy atom. The Morgan fingerprint density at radius 3 is 1.88 bits per heavy atom. The van der Waals surface area contributed by atoms with Crippen molar-refractivity contribution in [2.45, 2.75) is 0 Å². The molecular weight excluding hydrogens is 200 g/mol. The number of benzene rings is 2. The summed E-state index contributed by atoms with van der Waals surface area (Å²) in [5, 5.41) is 2.59. The highest BCUT2D eigenvalue weighted by atomic mass is 16.1. The lowest BCUT2D eigenvalue weighted by Gasteiger charge is -2.03. The monoisotopic (exact) mass is 212 g/mol. The van der Waals surface area contributed by atoms with Gasteiger partial charge in [-0.25, -0.2) is 0 Å². The van der Waals surface area contributed by atoms with Crippen LogP contribution < -0.4 is 11.1 Å². The largest absolute Gasteiger partial charge is 0.399 e. The fourth-order valence-corrected chi connectivity index (χ4v) is 1.50. The second-order valence-corrected chi connectivity index (χ2v) is 3.46. The molecule has 0 fully saturated rings. The maximum absolute atomic E-state index is 10.2. The Kier molecular flexibility index (Phi) is 2.87. The summed E-state index contributed by atoms with van der Waals surface area (Å²) in [5.74, 6) is 0. The van der Waals surface area contributed by atoms with Gasteiger partial charge >= 0.3 is 0 Å². The summed E-state index contributed by atoms with van der Waals surface area (Å²) in [4.78, 5) is 10.2. The van der Waals surface area contributed by atoms with E-state index in [1.54, 1.807) is 0 Å². The number of rotatable bonds is 3. The van der Waals surface area contributed by atoms with Crippen molar-refractivity contribution in [3.63, 3.8) is 0 Å². The molecule has 2 aromatic rings. The average Bonchev–Trinajstić information content (AvgIpc) is 2.32. The summed E-state index contributed by atoms with van der Waals surface area (Å²) in [5.41, 5.74) is 9.36. The van der Waals surface area contributed by atoms with Crippen LogP contribution in [0.15, 0.2) is 48.5 Å². The van der Waals surface area contributed by atoms with E-state index in [-0.39, 0.29) is 0 Å². The molecule has 0 bridgehead atoms. The number of carbonyl (C=O) groups excluding carboxylic acids is 1. The molecule has 0 aliphatic heterocycles. The first-order valence-electron chi connectivity index (χ1n) is 4.96. The summed E-state index contributed by atoms with van der Waals surface area (Å²) >= 11 is 0. The first-order valence-corrected chi connectivity index (χ1v) is 4.96. The van der Waals surface area contributed by atoms with Crippen LogP contribution in [0.5, 0.6) is 0 Å². The van der Waals surface area contributed by atoms with E-state index in [1.165, 1.54) is 0 Å². The lowest BCUT2D eigenvalue weighted by atomic mass is 10.1. The van der Waals surface area contributed by atoms with Crippen molar-refractivity contribution >= 4 is 17.8 Å². The van der Waals surface area contributed by atoms with Crippen molar-refractivity contribution in [1.29, 1.82) is 0 Å². The third-order valence-corrected chi connectivity index (χ3v) is 2.35. The SMILES string of the molecule is Nc1ccc(-c2ccc(NC=O)cc2)cc1. The summed E-state index contributed by atoms with van der Waals surface area (Å²) in [7, 11) is 0. The zero-order chi connectivity index (χ0) is 11.4. The molecule has 2 rings (SSSR count). The number of hydrogen-bond acceptors (Lipinski definition) is 2. The first-order chi connectivity index (χ1) is 7.79. The molecular formula is C13H12N2O. The number of nitrogen functional groups attached to an aromatic ring is 1.